The van der Waals surface area contributed by atoms with E-state index in [1.807, 2.05) is 31.2 Å². The molecule has 0 spiro atoms. The molecule has 0 bridgehead atoms. The molecule has 0 aliphatic heterocycles. The van der Waals surface area contributed by atoms with Gasteiger partial charge >= 0.3 is 0 Å². The summed E-state index contributed by atoms with van der Waals surface area (Å²) in [5, 5.41) is -0.206. The van der Waals surface area contributed by atoms with Crippen LogP contribution in [0.5, 0.6) is 5.75 Å². The van der Waals surface area contributed by atoms with Crippen molar-refractivity contribution >= 4 is 23.2 Å². The van der Waals surface area contributed by atoms with Gasteiger partial charge in [-0.15, -0.1) is 11.6 Å². The fraction of sp³-hybridized carbons (Fsp3) is 0.400. The molecule has 0 aromatic heterocycles. The van der Waals surface area contributed by atoms with Crippen LogP contribution in [0.15, 0.2) is 24.3 Å². The number of alkyl halides is 2. The maximum Gasteiger partial charge on any atom is 0.188 e. The Balaban J connectivity index is 2.59. The maximum absolute atomic E-state index is 5.84. The maximum atomic E-state index is 5.84. The lowest BCUT2D eigenvalue weighted by atomic mass is 10.2. The molecule has 1 rings (SSSR count). The molecule has 0 heterocycles. The average molecular weight is 219 g/mol. The van der Waals surface area contributed by atoms with Gasteiger partial charge in [-0.05, 0) is 26.0 Å². The molecule has 0 radical (unpaired) electrons. The summed E-state index contributed by atoms with van der Waals surface area (Å²) in [4.78, 5) is 0. The minimum Gasteiger partial charge on any atom is -0.473 e. The van der Waals surface area contributed by atoms with E-state index in [0.717, 1.165) is 5.75 Å². The van der Waals surface area contributed by atoms with Crippen molar-refractivity contribution < 1.29 is 4.74 Å². The largest absolute Gasteiger partial charge is 0.473 e. The molecule has 13 heavy (non-hydrogen) atoms. The third-order valence-electron chi connectivity index (χ3n) is 1.63. The van der Waals surface area contributed by atoms with Gasteiger partial charge in [-0.1, -0.05) is 29.3 Å². The number of benzene rings is 1. The molecule has 0 N–H and O–H groups in total. The van der Waals surface area contributed by atoms with Crippen molar-refractivity contribution in [3.05, 3.63) is 29.8 Å². The monoisotopic (exact) mass is 218 g/mol. The van der Waals surface area contributed by atoms with E-state index in [1.165, 1.54) is 5.56 Å². The van der Waals surface area contributed by atoms with Crippen molar-refractivity contribution in [2.45, 2.75) is 24.8 Å². The fourth-order valence-electron chi connectivity index (χ4n) is 0.841. The van der Waals surface area contributed by atoms with E-state index in [9.17, 15) is 0 Å². The highest BCUT2D eigenvalue weighted by Crippen LogP contribution is 2.18. The number of hydrogen-bond donors (Lipinski definition) is 0. The summed E-state index contributed by atoms with van der Waals surface area (Å²) in [5.41, 5.74) is 0.710. The standard InChI is InChI=1S/C10H12Cl2O/c1-7-3-5-9(6-4-7)13-10(12)8(2)11/h3-6,8,10H,1-2H3/t8-,10+/m0/s1. The first-order chi connectivity index (χ1) is 6.09. The van der Waals surface area contributed by atoms with Crippen LogP contribution in [0.2, 0.25) is 0 Å². The molecule has 72 valence electrons. The van der Waals surface area contributed by atoms with Gasteiger partial charge in [-0.3, -0.25) is 0 Å². The Labute approximate surface area is 88.6 Å². The Hall–Kier alpha value is -0.400. The molecular formula is C10H12Cl2O. The van der Waals surface area contributed by atoms with Crippen molar-refractivity contribution in [1.82, 2.24) is 0 Å². The van der Waals surface area contributed by atoms with Crippen LogP contribution in [0.4, 0.5) is 0 Å². The highest BCUT2D eigenvalue weighted by Gasteiger charge is 2.12. The van der Waals surface area contributed by atoms with Crippen LogP contribution in [0, 0.1) is 6.92 Å². The first-order valence-electron chi connectivity index (χ1n) is 4.11. The molecule has 2 atom stereocenters. The number of hydrogen-bond acceptors (Lipinski definition) is 1. The molecule has 0 saturated heterocycles. The van der Waals surface area contributed by atoms with Gasteiger partial charge in [0.25, 0.3) is 0 Å². The Morgan fingerprint density at radius 3 is 2.15 bits per heavy atom. The van der Waals surface area contributed by atoms with Crippen LogP contribution in [0.25, 0.3) is 0 Å². The van der Waals surface area contributed by atoms with E-state index in [-0.39, 0.29) is 5.38 Å². The Bertz CT molecular complexity index is 256. The van der Waals surface area contributed by atoms with Gasteiger partial charge in [0, 0.05) is 0 Å². The molecule has 0 amide bonds. The van der Waals surface area contributed by atoms with Crippen molar-refractivity contribution in [1.29, 1.82) is 0 Å². The van der Waals surface area contributed by atoms with Gasteiger partial charge in [0.05, 0.1) is 5.38 Å². The highest BCUT2D eigenvalue weighted by molar-refractivity contribution is 6.29. The van der Waals surface area contributed by atoms with Crippen molar-refractivity contribution in [3.63, 3.8) is 0 Å². The van der Waals surface area contributed by atoms with E-state index in [2.05, 4.69) is 0 Å². The topological polar surface area (TPSA) is 9.23 Å². The second-order valence-electron chi connectivity index (χ2n) is 2.96. The lowest BCUT2D eigenvalue weighted by Gasteiger charge is -2.14. The molecule has 0 saturated carbocycles. The molecule has 0 unspecified atom stereocenters. The Kier molecular flexibility index (Phi) is 3.89. The molecule has 0 fully saturated rings. The molecule has 0 aliphatic carbocycles. The van der Waals surface area contributed by atoms with E-state index in [4.69, 9.17) is 27.9 Å². The van der Waals surface area contributed by atoms with Gasteiger partial charge < -0.3 is 4.74 Å². The zero-order valence-electron chi connectivity index (χ0n) is 7.63. The number of halogens is 2. The van der Waals surface area contributed by atoms with Crippen molar-refractivity contribution in [2.75, 3.05) is 0 Å². The second-order valence-corrected chi connectivity index (χ2v) is 4.08. The van der Waals surface area contributed by atoms with Gasteiger partial charge in [0.1, 0.15) is 5.75 Å². The smallest absolute Gasteiger partial charge is 0.188 e. The van der Waals surface area contributed by atoms with Crippen molar-refractivity contribution in [2.24, 2.45) is 0 Å². The quantitative estimate of drug-likeness (QED) is 0.706. The van der Waals surface area contributed by atoms with E-state index >= 15 is 0 Å². The molecule has 1 nitrogen and oxygen atoms in total. The Morgan fingerprint density at radius 1 is 1.15 bits per heavy atom. The average Bonchev–Trinajstić information content (AvgIpc) is 2.08. The van der Waals surface area contributed by atoms with Crippen LogP contribution in [-0.2, 0) is 0 Å². The summed E-state index contributed by atoms with van der Waals surface area (Å²) in [6, 6.07) is 7.70. The van der Waals surface area contributed by atoms with E-state index < -0.39 is 5.56 Å². The molecule has 3 heteroatoms. The zero-order valence-corrected chi connectivity index (χ0v) is 9.14. The van der Waals surface area contributed by atoms with E-state index in [1.54, 1.807) is 6.92 Å². The van der Waals surface area contributed by atoms with Gasteiger partial charge in [-0.2, -0.15) is 0 Å². The summed E-state index contributed by atoms with van der Waals surface area (Å²) < 4.78 is 5.36. The highest BCUT2D eigenvalue weighted by atomic mass is 35.5. The second kappa shape index (κ2) is 4.73. The minimum absolute atomic E-state index is 0.206. The zero-order chi connectivity index (χ0) is 9.84. The summed E-state index contributed by atoms with van der Waals surface area (Å²) >= 11 is 11.6. The van der Waals surface area contributed by atoms with Crippen LogP contribution >= 0.6 is 23.2 Å². The van der Waals surface area contributed by atoms with E-state index in [0.29, 0.717) is 0 Å². The fourth-order valence-corrected chi connectivity index (χ4v) is 0.995. The van der Waals surface area contributed by atoms with Crippen LogP contribution in [-0.4, -0.2) is 10.9 Å². The van der Waals surface area contributed by atoms with Gasteiger partial charge in [0.15, 0.2) is 5.56 Å². The molecule has 1 aromatic carbocycles. The predicted molar refractivity (Wildman–Crippen MR) is 56.8 cm³/mol. The van der Waals surface area contributed by atoms with Crippen LogP contribution < -0.4 is 4.74 Å². The lowest BCUT2D eigenvalue weighted by Crippen LogP contribution is -2.18. The third kappa shape index (κ3) is 3.45. The summed E-state index contributed by atoms with van der Waals surface area (Å²) in [6.45, 7) is 3.82. The molecule has 1 aromatic rings. The third-order valence-corrected chi connectivity index (χ3v) is 2.46. The lowest BCUT2D eigenvalue weighted by molar-refractivity contribution is 0.280. The molecular weight excluding hydrogens is 207 g/mol. The predicted octanol–water partition coefficient (Wildman–Crippen LogP) is 3.57. The number of aryl methyl sites for hydroxylation is 1. The number of ether oxygens (including phenoxy) is 1. The Morgan fingerprint density at radius 2 is 1.69 bits per heavy atom. The van der Waals surface area contributed by atoms with Crippen LogP contribution in [0.1, 0.15) is 12.5 Å². The summed E-state index contributed by atoms with van der Waals surface area (Å²) in [6.07, 6.45) is 0. The summed E-state index contributed by atoms with van der Waals surface area (Å²) in [7, 11) is 0. The SMILES string of the molecule is Cc1ccc(O[C@@H](Cl)[C@H](C)Cl)cc1. The normalized spacial score (nSPS) is 15.1. The minimum atomic E-state index is -0.482. The van der Waals surface area contributed by atoms with Crippen LogP contribution in [0.3, 0.4) is 0 Å². The number of rotatable bonds is 3. The van der Waals surface area contributed by atoms with Gasteiger partial charge in [0.2, 0.25) is 0 Å². The van der Waals surface area contributed by atoms with Crippen molar-refractivity contribution in [3.8, 4) is 5.75 Å². The first kappa shape index (κ1) is 10.7. The molecule has 0 aliphatic rings. The first-order valence-corrected chi connectivity index (χ1v) is 4.98. The van der Waals surface area contributed by atoms with Gasteiger partial charge in [-0.25, -0.2) is 0 Å². The summed E-state index contributed by atoms with van der Waals surface area (Å²) in [5.74, 6) is 0.748.